The van der Waals surface area contributed by atoms with E-state index in [9.17, 15) is 33.0 Å². The molecule has 0 aliphatic heterocycles. The van der Waals surface area contributed by atoms with E-state index in [1.54, 1.807) is 12.1 Å². The van der Waals surface area contributed by atoms with Crippen molar-refractivity contribution in [2.45, 2.75) is 71.1 Å². The van der Waals surface area contributed by atoms with Crippen LogP contribution in [0.15, 0.2) is 72.0 Å². The molecule has 2 aromatic rings. The van der Waals surface area contributed by atoms with Gasteiger partial charge in [0.15, 0.2) is 5.78 Å². The third-order valence-electron chi connectivity index (χ3n) is 7.76. The van der Waals surface area contributed by atoms with Crippen molar-refractivity contribution in [2.24, 2.45) is 17.8 Å². The molecule has 0 aromatic heterocycles. The van der Waals surface area contributed by atoms with Gasteiger partial charge in [0.2, 0.25) is 0 Å². The Morgan fingerprint density at radius 2 is 1.66 bits per heavy atom. The van der Waals surface area contributed by atoms with Gasteiger partial charge in [0.1, 0.15) is 17.3 Å². The summed E-state index contributed by atoms with van der Waals surface area (Å²) in [6.07, 6.45) is 2.04. The number of carboxylic acid groups (broad SMARTS) is 1. The molecule has 3 rings (SSSR count). The molecule has 0 heterocycles. The zero-order valence-electron chi connectivity index (χ0n) is 24.0. The van der Waals surface area contributed by atoms with Crippen LogP contribution in [0.4, 0.5) is 13.2 Å². The first kappa shape index (κ1) is 32.1. The highest BCUT2D eigenvalue weighted by Gasteiger charge is 2.48. The van der Waals surface area contributed by atoms with Crippen molar-refractivity contribution < 1.29 is 37.7 Å². The van der Waals surface area contributed by atoms with Gasteiger partial charge >= 0.3 is 12.1 Å². The monoisotopic (exact) mass is 572 g/mol. The van der Waals surface area contributed by atoms with Crippen LogP contribution in [0.3, 0.4) is 0 Å². The van der Waals surface area contributed by atoms with E-state index >= 15 is 0 Å². The predicted molar refractivity (Wildman–Crippen MR) is 152 cm³/mol. The van der Waals surface area contributed by atoms with Gasteiger partial charge in [-0.15, -0.1) is 0 Å². The van der Waals surface area contributed by atoms with Crippen molar-refractivity contribution in [1.29, 1.82) is 0 Å². The van der Waals surface area contributed by atoms with Crippen LogP contribution in [0.5, 0.6) is 0 Å². The summed E-state index contributed by atoms with van der Waals surface area (Å²) in [7, 11) is 1.44. The normalized spacial score (nSPS) is 19.9. The summed E-state index contributed by atoms with van der Waals surface area (Å²) in [6, 6.07) is 10.9. The number of ketones is 1. The molecule has 0 fully saturated rings. The first-order valence-electron chi connectivity index (χ1n) is 14.0. The minimum absolute atomic E-state index is 0.160. The van der Waals surface area contributed by atoms with Gasteiger partial charge in [0, 0.05) is 17.6 Å². The molecule has 222 valence electrons. The molecule has 2 N–H and O–H groups in total. The van der Waals surface area contributed by atoms with Crippen LogP contribution in [0.25, 0.3) is 11.1 Å². The lowest BCUT2D eigenvalue weighted by atomic mass is 9.71. The maximum Gasteiger partial charge on any atom is 0.416 e. The van der Waals surface area contributed by atoms with E-state index < -0.39 is 41.4 Å². The molecule has 0 bridgehead atoms. The SMILES string of the molecule is COC1=C(CCC(C)CCCC(C)C)C(O)(CC(=O)c2cccc(-c3cccc(C(F)(F)F)c3)c2)C(C(=O)O)C=C1. The lowest BCUT2D eigenvalue weighted by Gasteiger charge is -2.38. The van der Waals surface area contributed by atoms with E-state index in [0.29, 0.717) is 41.6 Å². The second-order valence-corrected chi connectivity index (χ2v) is 11.4. The Bertz CT molecular complexity index is 1290. The Balaban J connectivity index is 1.90. The second-order valence-electron chi connectivity index (χ2n) is 11.4. The highest BCUT2D eigenvalue weighted by Crippen LogP contribution is 2.42. The van der Waals surface area contributed by atoms with E-state index in [2.05, 4.69) is 20.8 Å². The quantitative estimate of drug-likeness (QED) is 0.237. The number of Topliss-reactive ketones (excluding diaryl/α,β-unsaturated/α-hetero) is 1. The smallest absolute Gasteiger partial charge is 0.416 e. The predicted octanol–water partition coefficient (Wildman–Crippen LogP) is 8.09. The molecule has 3 unspecified atom stereocenters. The van der Waals surface area contributed by atoms with E-state index in [1.165, 1.54) is 43.5 Å². The van der Waals surface area contributed by atoms with Gasteiger partial charge in [-0.2, -0.15) is 13.2 Å². The second kappa shape index (κ2) is 13.5. The van der Waals surface area contributed by atoms with Crippen LogP contribution in [0, 0.1) is 17.8 Å². The minimum atomic E-state index is -4.51. The molecular weight excluding hydrogens is 533 g/mol. The number of aliphatic carboxylic acids is 1. The number of alkyl halides is 3. The highest BCUT2D eigenvalue weighted by molar-refractivity contribution is 5.98. The Morgan fingerprint density at radius 3 is 2.27 bits per heavy atom. The first-order valence-corrected chi connectivity index (χ1v) is 14.0. The van der Waals surface area contributed by atoms with Crippen LogP contribution in [0.1, 0.15) is 75.2 Å². The van der Waals surface area contributed by atoms with Gasteiger partial charge in [0.25, 0.3) is 0 Å². The molecule has 0 radical (unpaired) electrons. The van der Waals surface area contributed by atoms with Gasteiger partial charge in [-0.1, -0.05) is 76.4 Å². The van der Waals surface area contributed by atoms with Crippen molar-refractivity contribution in [1.82, 2.24) is 0 Å². The van der Waals surface area contributed by atoms with Crippen LogP contribution in [0.2, 0.25) is 0 Å². The molecule has 3 atom stereocenters. The number of carbonyl (C=O) groups is 2. The molecule has 1 aliphatic rings. The number of carboxylic acids is 1. The summed E-state index contributed by atoms with van der Waals surface area (Å²) in [6.45, 7) is 6.46. The molecule has 0 spiro atoms. The number of methoxy groups -OCH3 is 1. The third-order valence-corrected chi connectivity index (χ3v) is 7.76. The average Bonchev–Trinajstić information content (AvgIpc) is 2.91. The van der Waals surface area contributed by atoms with Crippen LogP contribution < -0.4 is 0 Å². The van der Waals surface area contributed by atoms with Crippen LogP contribution >= 0.6 is 0 Å². The van der Waals surface area contributed by atoms with Crippen LogP contribution in [-0.4, -0.2) is 34.7 Å². The number of aliphatic hydroxyl groups is 1. The molecular formula is C33H39F3O5. The van der Waals surface area contributed by atoms with Crippen molar-refractivity contribution in [3.63, 3.8) is 0 Å². The van der Waals surface area contributed by atoms with E-state index in [0.717, 1.165) is 31.4 Å². The summed E-state index contributed by atoms with van der Waals surface area (Å²) in [5, 5.41) is 21.9. The Kier molecular flexibility index (Phi) is 10.6. The molecule has 0 saturated carbocycles. The number of hydrogen-bond acceptors (Lipinski definition) is 4. The zero-order chi connectivity index (χ0) is 30.4. The first-order chi connectivity index (χ1) is 19.3. The third kappa shape index (κ3) is 8.09. The fraction of sp³-hybridized carbons (Fsp3) is 0.455. The van der Waals surface area contributed by atoms with Gasteiger partial charge in [-0.05, 0) is 60.1 Å². The number of halogens is 3. The van der Waals surface area contributed by atoms with Gasteiger partial charge < -0.3 is 14.9 Å². The molecule has 1 aliphatic carbocycles. The Morgan fingerprint density at radius 1 is 1.00 bits per heavy atom. The molecule has 0 amide bonds. The maximum atomic E-state index is 13.6. The zero-order valence-corrected chi connectivity index (χ0v) is 24.0. The van der Waals surface area contributed by atoms with Crippen molar-refractivity contribution in [3.05, 3.63) is 83.1 Å². The summed E-state index contributed by atoms with van der Waals surface area (Å²) >= 11 is 0. The minimum Gasteiger partial charge on any atom is -0.497 e. The Hall–Kier alpha value is -3.39. The van der Waals surface area contributed by atoms with Crippen molar-refractivity contribution in [2.75, 3.05) is 7.11 Å². The average molecular weight is 573 g/mol. The van der Waals surface area contributed by atoms with Crippen molar-refractivity contribution in [3.8, 4) is 11.1 Å². The number of allylic oxidation sites excluding steroid dienone is 1. The topological polar surface area (TPSA) is 83.8 Å². The summed E-state index contributed by atoms with van der Waals surface area (Å²) in [5.41, 5.74) is -1.63. The summed E-state index contributed by atoms with van der Waals surface area (Å²) in [5.74, 6) is -1.91. The molecule has 41 heavy (non-hydrogen) atoms. The molecule has 8 heteroatoms. The van der Waals surface area contributed by atoms with E-state index in [-0.39, 0.29) is 11.1 Å². The molecule has 5 nitrogen and oxygen atoms in total. The number of hydrogen-bond donors (Lipinski definition) is 2. The maximum absolute atomic E-state index is 13.6. The lowest BCUT2D eigenvalue weighted by Crippen LogP contribution is -2.47. The molecule has 2 aromatic carbocycles. The van der Waals surface area contributed by atoms with E-state index in [1.807, 2.05) is 0 Å². The van der Waals surface area contributed by atoms with Gasteiger partial charge in [-0.25, -0.2) is 0 Å². The van der Waals surface area contributed by atoms with Crippen LogP contribution in [-0.2, 0) is 15.7 Å². The number of benzene rings is 2. The highest BCUT2D eigenvalue weighted by atomic mass is 19.4. The largest absolute Gasteiger partial charge is 0.497 e. The van der Waals surface area contributed by atoms with Crippen molar-refractivity contribution >= 4 is 11.8 Å². The van der Waals surface area contributed by atoms with E-state index in [4.69, 9.17) is 4.74 Å². The standard InChI is InChI=1S/C33H39F3O5/c1-21(2)8-5-9-22(3)14-15-27-30(41-4)17-16-28(31(38)39)32(27,40)20-29(37)25-12-6-10-23(18-25)24-11-7-13-26(19-24)33(34,35)36/h6-7,10-13,16-19,21-22,28,40H,5,8-9,14-15,20H2,1-4H3,(H,38,39). The fourth-order valence-corrected chi connectivity index (χ4v) is 5.38. The summed E-state index contributed by atoms with van der Waals surface area (Å²) in [4.78, 5) is 25.8. The van der Waals surface area contributed by atoms with Gasteiger partial charge in [0.05, 0.1) is 12.7 Å². The molecule has 0 saturated heterocycles. The van der Waals surface area contributed by atoms with Gasteiger partial charge in [-0.3, -0.25) is 9.59 Å². The summed E-state index contributed by atoms with van der Waals surface area (Å²) < 4.78 is 45.3. The lowest BCUT2D eigenvalue weighted by molar-refractivity contribution is -0.147. The number of ether oxygens (including phenoxy) is 1. The number of carbonyl (C=O) groups excluding carboxylic acids is 1. The Labute approximate surface area is 239 Å². The fourth-order valence-electron chi connectivity index (χ4n) is 5.38. The number of rotatable bonds is 13.